The van der Waals surface area contributed by atoms with Crippen molar-refractivity contribution in [1.29, 1.82) is 0 Å². The highest BCUT2D eigenvalue weighted by atomic mass is 16.6. The number of hydrogen-bond acceptors (Lipinski definition) is 4. The molecule has 5 heteroatoms. The van der Waals surface area contributed by atoms with Crippen LogP contribution in [0.1, 0.15) is 29.9 Å². The molecule has 5 nitrogen and oxygen atoms in total. The van der Waals surface area contributed by atoms with Gasteiger partial charge >= 0.3 is 5.97 Å². The van der Waals surface area contributed by atoms with Gasteiger partial charge in [-0.15, -0.1) is 0 Å². The van der Waals surface area contributed by atoms with Crippen LogP contribution >= 0.6 is 0 Å². The Morgan fingerprint density at radius 3 is 2.37 bits per heavy atom. The van der Waals surface area contributed by atoms with Gasteiger partial charge in [0.2, 0.25) is 0 Å². The summed E-state index contributed by atoms with van der Waals surface area (Å²) in [4.78, 5) is 18.8. The maximum absolute atomic E-state index is 11.1. The molecule has 1 heterocycles. The maximum atomic E-state index is 11.1. The van der Waals surface area contributed by atoms with Gasteiger partial charge in [0.25, 0.3) is 0 Å². The van der Waals surface area contributed by atoms with Crippen LogP contribution in [0.3, 0.4) is 0 Å². The average Bonchev–Trinajstić information content (AvgIpc) is 2.72. The van der Waals surface area contributed by atoms with E-state index in [9.17, 15) is 4.79 Å². The standard InChI is InChI=1S/C22H26N2O3/c25-22(26)20-12-7-13-24(17-20)14-15-27-23-16-21(18-8-3-1-4-9-18)19-10-5-2-6-11-19/h1-6,8-11,16,20-21H,7,12-15,17H2,(H,25,26)/b23-16+. The molecule has 1 atom stereocenters. The molecular weight excluding hydrogens is 340 g/mol. The van der Waals surface area contributed by atoms with Crippen LogP contribution in [-0.2, 0) is 9.63 Å². The molecule has 142 valence electrons. The average molecular weight is 366 g/mol. The van der Waals surface area contributed by atoms with Gasteiger partial charge in [-0.3, -0.25) is 9.69 Å². The third-order valence-electron chi connectivity index (χ3n) is 4.96. The monoisotopic (exact) mass is 366 g/mol. The number of oxime groups is 1. The smallest absolute Gasteiger partial charge is 0.307 e. The molecule has 0 amide bonds. The van der Waals surface area contributed by atoms with Gasteiger partial charge in [0.15, 0.2) is 0 Å². The molecule has 27 heavy (non-hydrogen) atoms. The first-order valence-corrected chi connectivity index (χ1v) is 9.44. The summed E-state index contributed by atoms with van der Waals surface area (Å²) in [5.74, 6) is -0.922. The second kappa shape index (κ2) is 9.88. The zero-order chi connectivity index (χ0) is 18.9. The maximum Gasteiger partial charge on any atom is 0.307 e. The predicted octanol–water partition coefficient (Wildman–Crippen LogP) is 3.62. The predicted molar refractivity (Wildman–Crippen MR) is 106 cm³/mol. The molecule has 0 aliphatic carbocycles. The first-order chi connectivity index (χ1) is 13.2. The molecule has 2 aromatic carbocycles. The Bertz CT molecular complexity index is 694. The summed E-state index contributed by atoms with van der Waals surface area (Å²) in [7, 11) is 0. The summed E-state index contributed by atoms with van der Waals surface area (Å²) < 4.78 is 0. The number of aliphatic carboxylic acids is 1. The van der Waals surface area contributed by atoms with Crippen molar-refractivity contribution in [2.75, 3.05) is 26.2 Å². The van der Waals surface area contributed by atoms with Gasteiger partial charge in [-0.25, -0.2) is 0 Å². The van der Waals surface area contributed by atoms with Gasteiger partial charge < -0.3 is 9.94 Å². The number of nitrogens with zero attached hydrogens (tertiary/aromatic N) is 2. The van der Waals surface area contributed by atoms with E-state index >= 15 is 0 Å². The first kappa shape index (κ1) is 19.1. The molecule has 0 bridgehead atoms. The van der Waals surface area contributed by atoms with E-state index in [-0.39, 0.29) is 11.8 Å². The van der Waals surface area contributed by atoms with E-state index in [1.807, 2.05) is 42.6 Å². The lowest BCUT2D eigenvalue weighted by Crippen LogP contribution is -2.40. The molecule has 1 N–H and O–H groups in total. The summed E-state index contributed by atoms with van der Waals surface area (Å²) in [5, 5.41) is 13.4. The van der Waals surface area contributed by atoms with Crippen molar-refractivity contribution < 1.29 is 14.7 Å². The van der Waals surface area contributed by atoms with E-state index < -0.39 is 5.97 Å². The Labute approximate surface area is 160 Å². The summed E-state index contributed by atoms with van der Waals surface area (Å²) in [6.45, 7) is 2.67. The van der Waals surface area contributed by atoms with Crippen molar-refractivity contribution in [2.45, 2.75) is 18.8 Å². The lowest BCUT2D eigenvalue weighted by Gasteiger charge is -2.29. The van der Waals surface area contributed by atoms with Crippen LogP contribution in [0.15, 0.2) is 65.8 Å². The van der Waals surface area contributed by atoms with Crippen molar-refractivity contribution >= 4 is 12.2 Å². The quantitative estimate of drug-likeness (QED) is 0.440. The molecule has 0 spiro atoms. The minimum absolute atomic E-state index is 0.0405. The fraction of sp³-hybridized carbons (Fsp3) is 0.364. The van der Waals surface area contributed by atoms with Gasteiger partial charge in [-0.2, -0.15) is 0 Å². The van der Waals surface area contributed by atoms with Crippen LogP contribution < -0.4 is 0 Å². The number of carboxylic acid groups (broad SMARTS) is 1. The minimum atomic E-state index is -0.702. The molecule has 3 rings (SSSR count). The molecule has 1 fully saturated rings. The molecule has 0 saturated carbocycles. The number of carboxylic acids is 1. The van der Waals surface area contributed by atoms with Crippen LogP contribution in [0, 0.1) is 5.92 Å². The molecule has 2 aromatic rings. The fourth-order valence-electron chi connectivity index (χ4n) is 3.47. The van der Waals surface area contributed by atoms with E-state index in [0.29, 0.717) is 19.7 Å². The number of carbonyl (C=O) groups is 1. The van der Waals surface area contributed by atoms with E-state index in [4.69, 9.17) is 9.94 Å². The van der Waals surface area contributed by atoms with Crippen molar-refractivity contribution in [2.24, 2.45) is 11.1 Å². The number of rotatable bonds is 8. The molecule has 0 aromatic heterocycles. The van der Waals surface area contributed by atoms with Crippen LogP contribution in [0.4, 0.5) is 0 Å². The lowest BCUT2D eigenvalue weighted by atomic mass is 9.92. The molecule has 1 aliphatic rings. The second-order valence-electron chi connectivity index (χ2n) is 6.86. The Hall–Kier alpha value is -2.66. The van der Waals surface area contributed by atoms with Crippen LogP contribution in [0.5, 0.6) is 0 Å². The zero-order valence-corrected chi connectivity index (χ0v) is 15.4. The molecule has 1 aliphatic heterocycles. The summed E-state index contributed by atoms with van der Waals surface area (Å²) >= 11 is 0. The highest BCUT2D eigenvalue weighted by molar-refractivity contribution is 5.72. The summed E-state index contributed by atoms with van der Waals surface area (Å²) in [6, 6.07) is 20.4. The third kappa shape index (κ3) is 5.66. The zero-order valence-electron chi connectivity index (χ0n) is 15.4. The van der Waals surface area contributed by atoms with E-state index in [2.05, 4.69) is 34.3 Å². The van der Waals surface area contributed by atoms with Gasteiger partial charge in [0.1, 0.15) is 6.61 Å². The van der Waals surface area contributed by atoms with Crippen LogP contribution in [0.2, 0.25) is 0 Å². The van der Waals surface area contributed by atoms with E-state index in [0.717, 1.165) is 30.5 Å². The topological polar surface area (TPSA) is 62.1 Å². The lowest BCUT2D eigenvalue weighted by molar-refractivity contribution is -0.143. The van der Waals surface area contributed by atoms with Crippen molar-refractivity contribution in [3.05, 3.63) is 71.8 Å². The van der Waals surface area contributed by atoms with Gasteiger partial charge in [-0.1, -0.05) is 65.8 Å². The summed E-state index contributed by atoms with van der Waals surface area (Å²) in [6.07, 6.45) is 3.52. The molecule has 1 saturated heterocycles. The fourth-order valence-corrected chi connectivity index (χ4v) is 3.47. The van der Waals surface area contributed by atoms with E-state index in [1.54, 1.807) is 0 Å². The molecular formula is C22H26N2O3. The Balaban J connectivity index is 1.54. The highest BCUT2D eigenvalue weighted by Crippen LogP contribution is 2.22. The molecule has 1 unspecified atom stereocenters. The normalized spacial score (nSPS) is 18.0. The van der Waals surface area contributed by atoms with Gasteiger partial charge in [0, 0.05) is 19.0 Å². The number of piperidine rings is 1. The second-order valence-corrected chi connectivity index (χ2v) is 6.86. The van der Waals surface area contributed by atoms with Gasteiger partial charge in [-0.05, 0) is 30.5 Å². The van der Waals surface area contributed by atoms with Crippen molar-refractivity contribution in [3.63, 3.8) is 0 Å². The van der Waals surface area contributed by atoms with Crippen molar-refractivity contribution in [3.8, 4) is 0 Å². The van der Waals surface area contributed by atoms with Crippen molar-refractivity contribution in [1.82, 2.24) is 4.90 Å². The number of hydrogen-bond donors (Lipinski definition) is 1. The SMILES string of the molecule is O=C(O)C1CCCN(CCO/N=C/C(c2ccccc2)c2ccccc2)C1. The molecule has 0 radical (unpaired) electrons. The Kier molecular flexibility index (Phi) is 6.99. The largest absolute Gasteiger partial charge is 0.481 e. The summed E-state index contributed by atoms with van der Waals surface area (Å²) in [5.41, 5.74) is 2.33. The van der Waals surface area contributed by atoms with Gasteiger partial charge in [0.05, 0.1) is 12.1 Å². The first-order valence-electron chi connectivity index (χ1n) is 9.44. The Morgan fingerprint density at radius 2 is 1.78 bits per heavy atom. The Morgan fingerprint density at radius 1 is 1.15 bits per heavy atom. The number of benzene rings is 2. The number of likely N-dealkylation sites (tertiary alicyclic amines) is 1. The van der Waals surface area contributed by atoms with Crippen LogP contribution in [-0.4, -0.2) is 48.4 Å². The minimum Gasteiger partial charge on any atom is -0.481 e. The van der Waals surface area contributed by atoms with Crippen LogP contribution in [0.25, 0.3) is 0 Å². The highest BCUT2D eigenvalue weighted by Gasteiger charge is 2.24. The third-order valence-corrected chi connectivity index (χ3v) is 4.96. The van der Waals surface area contributed by atoms with E-state index in [1.165, 1.54) is 0 Å².